The van der Waals surface area contributed by atoms with Crippen molar-refractivity contribution in [2.24, 2.45) is 11.3 Å². The Morgan fingerprint density at radius 2 is 2.00 bits per heavy atom. The molecule has 2 nitrogen and oxygen atoms in total. The maximum Gasteiger partial charge on any atom is 0.0623 e. The summed E-state index contributed by atoms with van der Waals surface area (Å²) >= 11 is 0. The van der Waals surface area contributed by atoms with E-state index in [4.69, 9.17) is 0 Å². The molecule has 1 aromatic rings. The Bertz CT molecular complexity index is 386. The minimum atomic E-state index is -0.226. The summed E-state index contributed by atoms with van der Waals surface area (Å²) in [6.45, 7) is 6.80. The van der Waals surface area contributed by atoms with E-state index in [-0.39, 0.29) is 6.10 Å². The first-order chi connectivity index (χ1) is 9.00. The van der Waals surface area contributed by atoms with Gasteiger partial charge in [-0.15, -0.1) is 0 Å². The highest BCUT2D eigenvalue weighted by Crippen LogP contribution is 2.39. The number of pyridine rings is 1. The van der Waals surface area contributed by atoms with Gasteiger partial charge in [0.25, 0.3) is 0 Å². The molecule has 2 rings (SSSR count). The van der Waals surface area contributed by atoms with Crippen LogP contribution >= 0.6 is 0 Å². The predicted molar refractivity (Wildman–Crippen MR) is 79.1 cm³/mol. The van der Waals surface area contributed by atoms with Crippen LogP contribution in [-0.2, 0) is 12.8 Å². The molecule has 1 N–H and O–H groups in total. The zero-order chi connectivity index (χ0) is 13.9. The smallest absolute Gasteiger partial charge is 0.0623 e. The van der Waals surface area contributed by atoms with Crippen LogP contribution in [0.2, 0.25) is 0 Å². The van der Waals surface area contributed by atoms with Gasteiger partial charge in [-0.1, -0.05) is 26.8 Å². The molecule has 0 bridgehead atoms. The third kappa shape index (κ3) is 4.04. The van der Waals surface area contributed by atoms with Crippen LogP contribution in [0.4, 0.5) is 0 Å². The fourth-order valence-electron chi connectivity index (χ4n) is 2.97. The third-order valence-corrected chi connectivity index (χ3v) is 4.64. The van der Waals surface area contributed by atoms with Crippen LogP contribution in [0.3, 0.4) is 0 Å². The fraction of sp³-hybridized carbons (Fsp3) is 0.706. The molecule has 1 unspecified atom stereocenters. The van der Waals surface area contributed by atoms with Gasteiger partial charge in [-0.2, -0.15) is 0 Å². The van der Waals surface area contributed by atoms with Crippen LogP contribution in [0.15, 0.2) is 18.3 Å². The lowest BCUT2D eigenvalue weighted by Gasteiger charge is -2.36. The average molecular weight is 261 g/mol. The highest BCUT2D eigenvalue weighted by Gasteiger charge is 2.30. The molecule has 0 saturated heterocycles. The summed E-state index contributed by atoms with van der Waals surface area (Å²) < 4.78 is 0. The highest BCUT2D eigenvalue weighted by atomic mass is 16.3. The van der Waals surface area contributed by atoms with Gasteiger partial charge in [0.15, 0.2) is 0 Å². The minimum absolute atomic E-state index is 0.226. The van der Waals surface area contributed by atoms with E-state index in [1.165, 1.54) is 18.4 Å². The Balaban J connectivity index is 1.88. The standard InChI is InChI=1S/C17H27NO/c1-4-13-5-6-15(18-12-13)11-16(19)14-7-9-17(2,3)10-8-14/h5-6,12,14,16,19H,4,7-11H2,1-3H3. The van der Waals surface area contributed by atoms with Crippen molar-refractivity contribution in [1.29, 1.82) is 0 Å². The first-order valence-electron chi connectivity index (χ1n) is 7.62. The quantitative estimate of drug-likeness (QED) is 0.895. The van der Waals surface area contributed by atoms with Crippen LogP contribution in [0.25, 0.3) is 0 Å². The number of aliphatic hydroxyl groups is 1. The zero-order valence-electron chi connectivity index (χ0n) is 12.5. The Morgan fingerprint density at radius 3 is 2.53 bits per heavy atom. The molecule has 0 amide bonds. The van der Waals surface area contributed by atoms with Crippen molar-refractivity contribution < 1.29 is 5.11 Å². The molecule has 1 atom stereocenters. The molecule has 1 heterocycles. The number of aryl methyl sites for hydroxylation is 1. The van der Waals surface area contributed by atoms with Gasteiger partial charge in [0, 0.05) is 18.3 Å². The summed E-state index contributed by atoms with van der Waals surface area (Å²) in [6, 6.07) is 4.19. The molecule has 1 fully saturated rings. The Labute approximate surface area is 117 Å². The summed E-state index contributed by atoms with van der Waals surface area (Å²) in [4.78, 5) is 4.45. The maximum atomic E-state index is 10.4. The molecule has 0 spiro atoms. The van der Waals surface area contributed by atoms with Crippen molar-refractivity contribution in [3.63, 3.8) is 0 Å². The molecule has 19 heavy (non-hydrogen) atoms. The number of nitrogens with zero attached hydrogens (tertiary/aromatic N) is 1. The maximum absolute atomic E-state index is 10.4. The molecule has 0 aliphatic heterocycles. The molecule has 2 heteroatoms. The van der Waals surface area contributed by atoms with Gasteiger partial charge >= 0.3 is 0 Å². The van der Waals surface area contributed by atoms with Crippen molar-refractivity contribution >= 4 is 0 Å². The van der Waals surface area contributed by atoms with E-state index in [0.29, 0.717) is 17.8 Å². The first-order valence-corrected chi connectivity index (χ1v) is 7.62. The topological polar surface area (TPSA) is 33.1 Å². The molecule has 0 aromatic carbocycles. The molecule has 1 saturated carbocycles. The van der Waals surface area contributed by atoms with E-state index in [0.717, 1.165) is 25.0 Å². The van der Waals surface area contributed by atoms with Crippen molar-refractivity contribution in [3.8, 4) is 0 Å². The van der Waals surface area contributed by atoms with Gasteiger partial charge in [-0.05, 0) is 55.1 Å². The van der Waals surface area contributed by atoms with E-state index in [1.54, 1.807) is 0 Å². The average Bonchev–Trinajstić information content (AvgIpc) is 2.39. The van der Waals surface area contributed by atoms with Gasteiger partial charge in [-0.3, -0.25) is 4.98 Å². The van der Waals surface area contributed by atoms with Crippen molar-refractivity contribution in [2.75, 3.05) is 0 Å². The van der Waals surface area contributed by atoms with Crippen LogP contribution in [0.5, 0.6) is 0 Å². The van der Waals surface area contributed by atoms with Crippen molar-refractivity contribution in [3.05, 3.63) is 29.6 Å². The largest absolute Gasteiger partial charge is 0.392 e. The fourth-order valence-corrected chi connectivity index (χ4v) is 2.97. The Hall–Kier alpha value is -0.890. The summed E-state index contributed by atoms with van der Waals surface area (Å²) in [7, 11) is 0. The molecule has 106 valence electrons. The van der Waals surface area contributed by atoms with E-state index in [9.17, 15) is 5.11 Å². The Kier molecular flexibility index (Phi) is 4.62. The second-order valence-corrected chi connectivity index (χ2v) is 6.78. The summed E-state index contributed by atoms with van der Waals surface area (Å²) in [6.07, 6.45) is 8.21. The van der Waals surface area contributed by atoms with Gasteiger partial charge in [0.2, 0.25) is 0 Å². The molecular formula is C17H27NO. The zero-order valence-corrected chi connectivity index (χ0v) is 12.5. The number of hydrogen-bond donors (Lipinski definition) is 1. The van der Waals surface area contributed by atoms with Gasteiger partial charge in [0.05, 0.1) is 6.10 Å². The van der Waals surface area contributed by atoms with Gasteiger partial charge < -0.3 is 5.11 Å². The lowest BCUT2D eigenvalue weighted by molar-refractivity contribution is 0.0570. The Morgan fingerprint density at radius 1 is 1.32 bits per heavy atom. The third-order valence-electron chi connectivity index (χ3n) is 4.64. The van der Waals surface area contributed by atoms with E-state index in [2.05, 4.69) is 37.9 Å². The lowest BCUT2D eigenvalue weighted by Crippen LogP contribution is -2.30. The number of rotatable bonds is 4. The second-order valence-electron chi connectivity index (χ2n) is 6.78. The van der Waals surface area contributed by atoms with Gasteiger partial charge in [-0.25, -0.2) is 0 Å². The molecule has 0 radical (unpaired) electrons. The summed E-state index contributed by atoms with van der Waals surface area (Å²) in [5.41, 5.74) is 2.75. The number of aromatic nitrogens is 1. The van der Waals surface area contributed by atoms with Crippen molar-refractivity contribution in [1.82, 2.24) is 4.98 Å². The van der Waals surface area contributed by atoms with Gasteiger partial charge in [0.1, 0.15) is 0 Å². The van der Waals surface area contributed by atoms with E-state index < -0.39 is 0 Å². The number of hydrogen-bond acceptors (Lipinski definition) is 2. The van der Waals surface area contributed by atoms with Crippen molar-refractivity contribution in [2.45, 2.75) is 65.4 Å². The monoisotopic (exact) mass is 261 g/mol. The van der Waals surface area contributed by atoms with E-state index >= 15 is 0 Å². The molecule has 1 aliphatic carbocycles. The second kappa shape index (κ2) is 6.04. The lowest BCUT2D eigenvalue weighted by atomic mass is 9.71. The SMILES string of the molecule is CCc1ccc(CC(O)C2CCC(C)(C)CC2)nc1. The molecule has 1 aliphatic rings. The normalized spacial score (nSPS) is 21.3. The predicted octanol–water partition coefficient (Wildman–Crippen LogP) is 3.76. The number of aliphatic hydroxyl groups excluding tert-OH is 1. The molecular weight excluding hydrogens is 234 g/mol. The summed E-state index contributed by atoms with van der Waals surface area (Å²) in [5, 5.41) is 10.4. The highest BCUT2D eigenvalue weighted by molar-refractivity contribution is 5.14. The summed E-state index contributed by atoms with van der Waals surface area (Å²) in [5.74, 6) is 0.459. The minimum Gasteiger partial charge on any atom is -0.392 e. The first kappa shape index (κ1) is 14.5. The van der Waals surface area contributed by atoms with Crippen LogP contribution in [-0.4, -0.2) is 16.2 Å². The van der Waals surface area contributed by atoms with Crippen LogP contribution < -0.4 is 0 Å². The van der Waals surface area contributed by atoms with E-state index in [1.807, 2.05) is 6.20 Å². The van der Waals surface area contributed by atoms with Crippen LogP contribution in [0, 0.1) is 11.3 Å². The molecule has 1 aromatic heterocycles. The van der Waals surface area contributed by atoms with Crippen LogP contribution in [0.1, 0.15) is 57.7 Å².